The Labute approximate surface area is 122 Å². The van der Waals surface area contributed by atoms with Crippen molar-refractivity contribution in [3.63, 3.8) is 0 Å². The van der Waals surface area contributed by atoms with Crippen LogP contribution < -0.4 is 5.32 Å². The van der Waals surface area contributed by atoms with Crippen LogP contribution in [0.1, 0.15) is 63.0 Å². The number of aromatic nitrogens is 1. The van der Waals surface area contributed by atoms with Crippen LogP contribution in [-0.2, 0) is 11.2 Å². The SMILES string of the molecule is CCCCC(CC)CNC(=O)CCc1c(C)noc1C. The highest BCUT2D eigenvalue weighted by atomic mass is 16.5. The molecule has 0 fully saturated rings. The Bertz CT molecular complexity index is 393. The van der Waals surface area contributed by atoms with Crippen molar-refractivity contribution < 1.29 is 9.32 Å². The van der Waals surface area contributed by atoms with Gasteiger partial charge in [0.25, 0.3) is 0 Å². The van der Waals surface area contributed by atoms with Crippen molar-refractivity contribution in [3.05, 3.63) is 17.0 Å². The Hall–Kier alpha value is -1.32. The maximum absolute atomic E-state index is 11.9. The fourth-order valence-corrected chi connectivity index (χ4v) is 2.39. The van der Waals surface area contributed by atoms with Crippen LogP contribution in [-0.4, -0.2) is 17.6 Å². The molecule has 20 heavy (non-hydrogen) atoms. The number of amides is 1. The van der Waals surface area contributed by atoms with E-state index in [9.17, 15) is 4.79 Å². The first kappa shape index (κ1) is 16.7. The van der Waals surface area contributed by atoms with Gasteiger partial charge in [0, 0.05) is 18.5 Å². The number of hydrogen-bond donors (Lipinski definition) is 1. The van der Waals surface area contributed by atoms with E-state index in [-0.39, 0.29) is 5.91 Å². The van der Waals surface area contributed by atoms with E-state index in [0.29, 0.717) is 18.8 Å². The normalized spacial score (nSPS) is 12.4. The number of hydrogen-bond acceptors (Lipinski definition) is 3. The molecule has 1 aromatic heterocycles. The second kappa shape index (κ2) is 8.77. The third-order valence-corrected chi connectivity index (χ3v) is 3.91. The number of nitrogens with one attached hydrogen (secondary N) is 1. The van der Waals surface area contributed by atoms with Gasteiger partial charge in [-0.15, -0.1) is 0 Å². The summed E-state index contributed by atoms with van der Waals surface area (Å²) < 4.78 is 5.11. The Balaban J connectivity index is 2.29. The number of rotatable bonds is 9. The molecule has 0 aliphatic heterocycles. The standard InChI is InChI=1S/C16H28N2O2/c1-5-7-8-14(6-2)11-17-16(19)10-9-15-12(3)18-20-13(15)4/h14H,5-11H2,1-4H3,(H,17,19). The third-order valence-electron chi connectivity index (χ3n) is 3.91. The summed E-state index contributed by atoms with van der Waals surface area (Å²) in [6.45, 7) is 9.01. The van der Waals surface area contributed by atoms with Gasteiger partial charge in [-0.2, -0.15) is 0 Å². The summed E-state index contributed by atoms with van der Waals surface area (Å²) in [5.41, 5.74) is 1.96. The average Bonchev–Trinajstić information content (AvgIpc) is 2.76. The number of nitrogens with zero attached hydrogens (tertiary/aromatic N) is 1. The van der Waals surface area contributed by atoms with Gasteiger partial charge in [0.1, 0.15) is 5.76 Å². The van der Waals surface area contributed by atoms with Crippen molar-refractivity contribution >= 4 is 5.91 Å². The van der Waals surface area contributed by atoms with Crippen molar-refractivity contribution in [2.45, 2.75) is 66.2 Å². The largest absolute Gasteiger partial charge is 0.361 e. The van der Waals surface area contributed by atoms with Crippen LogP contribution in [0.3, 0.4) is 0 Å². The molecule has 0 bridgehead atoms. The molecule has 1 N–H and O–H groups in total. The van der Waals surface area contributed by atoms with E-state index in [2.05, 4.69) is 24.3 Å². The van der Waals surface area contributed by atoms with Gasteiger partial charge in [0.05, 0.1) is 5.69 Å². The summed E-state index contributed by atoms with van der Waals surface area (Å²) in [5, 5.41) is 6.96. The topological polar surface area (TPSA) is 55.1 Å². The molecule has 1 amide bonds. The molecule has 0 saturated carbocycles. The van der Waals surface area contributed by atoms with Crippen molar-refractivity contribution in [1.29, 1.82) is 0 Å². The summed E-state index contributed by atoms with van der Waals surface area (Å²) in [4.78, 5) is 11.9. The summed E-state index contributed by atoms with van der Waals surface area (Å²) in [7, 11) is 0. The molecule has 0 radical (unpaired) electrons. The van der Waals surface area contributed by atoms with Gasteiger partial charge in [-0.3, -0.25) is 4.79 Å². The first-order chi connectivity index (χ1) is 9.58. The second-order valence-corrected chi connectivity index (χ2v) is 5.52. The first-order valence-corrected chi connectivity index (χ1v) is 7.76. The zero-order valence-electron chi connectivity index (χ0n) is 13.3. The molecule has 1 heterocycles. The summed E-state index contributed by atoms with van der Waals surface area (Å²) >= 11 is 0. The molecular formula is C16H28N2O2. The Morgan fingerprint density at radius 1 is 1.35 bits per heavy atom. The molecule has 0 aliphatic carbocycles. The van der Waals surface area contributed by atoms with E-state index in [1.807, 2.05) is 13.8 Å². The summed E-state index contributed by atoms with van der Waals surface area (Å²) in [6, 6.07) is 0. The average molecular weight is 280 g/mol. The van der Waals surface area contributed by atoms with Gasteiger partial charge in [-0.05, 0) is 32.6 Å². The zero-order chi connectivity index (χ0) is 15.0. The first-order valence-electron chi connectivity index (χ1n) is 7.76. The van der Waals surface area contributed by atoms with Gasteiger partial charge >= 0.3 is 0 Å². The quantitative estimate of drug-likeness (QED) is 0.752. The molecular weight excluding hydrogens is 252 g/mol. The highest BCUT2D eigenvalue weighted by Gasteiger charge is 2.12. The monoisotopic (exact) mass is 280 g/mol. The molecule has 0 spiro atoms. The van der Waals surface area contributed by atoms with Gasteiger partial charge in [0.2, 0.25) is 5.91 Å². The molecule has 0 aliphatic rings. The number of aryl methyl sites for hydroxylation is 2. The lowest BCUT2D eigenvalue weighted by Crippen LogP contribution is -2.29. The molecule has 1 rings (SSSR count). The van der Waals surface area contributed by atoms with E-state index in [1.54, 1.807) is 0 Å². The van der Waals surface area contributed by atoms with Crippen LogP contribution in [0, 0.1) is 19.8 Å². The minimum atomic E-state index is 0.125. The number of unbranched alkanes of at least 4 members (excludes halogenated alkanes) is 1. The maximum atomic E-state index is 11.9. The van der Waals surface area contributed by atoms with E-state index < -0.39 is 0 Å². The molecule has 0 aromatic carbocycles. The van der Waals surface area contributed by atoms with Crippen LogP contribution in [0.15, 0.2) is 4.52 Å². The minimum Gasteiger partial charge on any atom is -0.361 e. The maximum Gasteiger partial charge on any atom is 0.220 e. The lowest BCUT2D eigenvalue weighted by atomic mass is 9.99. The molecule has 4 heteroatoms. The molecule has 114 valence electrons. The smallest absolute Gasteiger partial charge is 0.220 e. The van der Waals surface area contributed by atoms with Crippen LogP contribution in [0.5, 0.6) is 0 Å². The van der Waals surface area contributed by atoms with E-state index in [0.717, 1.165) is 30.0 Å². The highest BCUT2D eigenvalue weighted by molar-refractivity contribution is 5.76. The Kier molecular flexibility index (Phi) is 7.34. The molecule has 0 saturated heterocycles. The minimum absolute atomic E-state index is 0.125. The zero-order valence-corrected chi connectivity index (χ0v) is 13.3. The van der Waals surface area contributed by atoms with Gasteiger partial charge in [0.15, 0.2) is 0 Å². The molecule has 4 nitrogen and oxygen atoms in total. The van der Waals surface area contributed by atoms with Crippen molar-refractivity contribution in [1.82, 2.24) is 10.5 Å². The number of carbonyl (C=O) groups excluding carboxylic acids is 1. The fourth-order valence-electron chi connectivity index (χ4n) is 2.39. The number of carbonyl (C=O) groups is 1. The van der Waals surface area contributed by atoms with E-state index in [4.69, 9.17) is 4.52 Å². The van der Waals surface area contributed by atoms with Gasteiger partial charge in [-0.25, -0.2) is 0 Å². The van der Waals surface area contributed by atoms with Crippen LogP contribution in [0.4, 0.5) is 0 Å². The molecule has 1 unspecified atom stereocenters. The van der Waals surface area contributed by atoms with Crippen LogP contribution in [0.25, 0.3) is 0 Å². The van der Waals surface area contributed by atoms with Crippen molar-refractivity contribution in [3.8, 4) is 0 Å². The predicted octanol–water partition coefficient (Wildman–Crippen LogP) is 3.56. The van der Waals surface area contributed by atoms with Crippen LogP contribution in [0.2, 0.25) is 0 Å². The van der Waals surface area contributed by atoms with Crippen molar-refractivity contribution in [2.75, 3.05) is 6.54 Å². The van der Waals surface area contributed by atoms with Crippen molar-refractivity contribution in [2.24, 2.45) is 5.92 Å². The Morgan fingerprint density at radius 2 is 2.10 bits per heavy atom. The summed E-state index contributed by atoms with van der Waals surface area (Å²) in [6.07, 6.45) is 6.01. The fraction of sp³-hybridized carbons (Fsp3) is 0.750. The predicted molar refractivity (Wildman–Crippen MR) is 80.6 cm³/mol. The summed E-state index contributed by atoms with van der Waals surface area (Å²) in [5.74, 6) is 1.56. The Morgan fingerprint density at radius 3 is 2.65 bits per heavy atom. The van der Waals surface area contributed by atoms with E-state index in [1.165, 1.54) is 19.3 Å². The van der Waals surface area contributed by atoms with E-state index >= 15 is 0 Å². The highest BCUT2D eigenvalue weighted by Crippen LogP contribution is 2.14. The molecule has 1 atom stereocenters. The van der Waals surface area contributed by atoms with Gasteiger partial charge in [-0.1, -0.05) is 38.3 Å². The third kappa shape index (κ3) is 5.35. The second-order valence-electron chi connectivity index (χ2n) is 5.52. The van der Waals surface area contributed by atoms with Crippen LogP contribution >= 0.6 is 0 Å². The lowest BCUT2D eigenvalue weighted by molar-refractivity contribution is -0.121. The lowest BCUT2D eigenvalue weighted by Gasteiger charge is -2.15. The van der Waals surface area contributed by atoms with Gasteiger partial charge < -0.3 is 9.84 Å². The molecule has 1 aromatic rings.